The first-order chi connectivity index (χ1) is 7.93. The standard InChI is InChI=1S/C11H12N4O.ClH/c1-3-12-5-8-9(1)13-15-4-2-7-6-16-14-10(7)11(8)15;/h6,12H,1-5H2;1H. The van der Waals surface area contributed by atoms with Crippen LogP contribution in [0, 0.1) is 0 Å². The molecule has 0 amide bonds. The van der Waals surface area contributed by atoms with Gasteiger partial charge in [-0.15, -0.1) is 12.4 Å². The first-order valence-corrected chi connectivity index (χ1v) is 5.66. The number of halogens is 1. The lowest BCUT2D eigenvalue weighted by Crippen LogP contribution is -2.23. The lowest BCUT2D eigenvalue weighted by Gasteiger charge is -2.15. The van der Waals surface area contributed by atoms with Crippen molar-refractivity contribution in [1.82, 2.24) is 20.3 Å². The third-order valence-electron chi connectivity index (χ3n) is 3.43. The van der Waals surface area contributed by atoms with E-state index in [9.17, 15) is 0 Å². The van der Waals surface area contributed by atoms with E-state index in [1.165, 1.54) is 16.8 Å². The number of hydrogen-bond acceptors (Lipinski definition) is 4. The van der Waals surface area contributed by atoms with Crippen molar-refractivity contribution in [2.24, 2.45) is 0 Å². The van der Waals surface area contributed by atoms with Crippen LogP contribution in [0.3, 0.4) is 0 Å². The van der Waals surface area contributed by atoms with Gasteiger partial charge in [-0.2, -0.15) is 5.10 Å². The molecule has 0 atom stereocenters. The van der Waals surface area contributed by atoms with Crippen molar-refractivity contribution in [2.45, 2.75) is 25.9 Å². The van der Waals surface area contributed by atoms with E-state index in [4.69, 9.17) is 4.52 Å². The minimum atomic E-state index is 0. The highest BCUT2D eigenvalue weighted by molar-refractivity contribution is 5.85. The van der Waals surface area contributed by atoms with Crippen LogP contribution in [0.4, 0.5) is 0 Å². The van der Waals surface area contributed by atoms with Gasteiger partial charge in [0.1, 0.15) is 12.0 Å². The quantitative estimate of drug-likeness (QED) is 0.765. The van der Waals surface area contributed by atoms with Crippen LogP contribution in [-0.4, -0.2) is 21.5 Å². The fourth-order valence-corrected chi connectivity index (χ4v) is 2.64. The summed E-state index contributed by atoms with van der Waals surface area (Å²) in [5, 5.41) is 12.2. The molecule has 0 aliphatic carbocycles. The molecule has 17 heavy (non-hydrogen) atoms. The normalized spacial score (nSPS) is 16.7. The van der Waals surface area contributed by atoms with E-state index in [1.807, 2.05) is 0 Å². The third-order valence-corrected chi connectivity index (χ3v) is 3.43. The van der Waals surface area contributed by atoms with E-state index in [0.717, 1.165) is 43.9 Å². The van der Waals surface area contributed by atoms with Crippen LogP contribution in [0.1, 0.15) is 16.8 Å². The molecule has 6 heteroatoms. The molecule has 0 unspecified atom stereocenters. The Morgan fingerprint density at radius 1 is 1.35 bits per heavy atom. The van der Waals surface area contributed by atoms with Gasteiger partial charge in [-0.05, 0) is 6.42 Å². The van der Waals surface area contributed by atoms with E-state index in [2.05, 4.69) is 20.3 Å². The highest BCUT2D eigenvalue weighted by Gasteiger charge is 2.28. The second-order valence-corrected chi connectivity index (χ2v) is 4.36. The van der Waals surface area contributed by atoms with Gasteiger partial charge in [0.15, 0.2) is 0 Å². The summed E-state index contributed by atoms with van der Waals surface area (Å²) in [6.07, 6.45) is 3.75. The zero-order chi connectivity index (χ0) is 10.5. The van der Waals surface area contributed by atoms with Gasteiger partial charge in [0.25, 0.3) is 0 Å². The van der Waals surface area contributed by atoms with Crippen molar-refractivity contribution >= 4 is 12.4 Å². The van der Waals surface area contributed by atoms with Gasteiger partial charge in [0.2, 0.25) is 0 Å². The van der Waals surface area contributed by atoms with Crippen molar-refractivity contribution in [2.75, 3.05) is 6.54 Å². The van der Waals surface area contributed by atoms with Crippen LogP contribution in [0.2, 0.25) is 0 Å². The van der Waals surface area contributed by atoms with Crippen molar-refractivity contribution in [3.05, 3.63) is 23.1 Å². The lowest BCUT2D eigenvalue weighted by atomic mass is 10.0. The van der Waals surface area contributed by atoms with Gasteiger partial charge in [0, 0.05) is 37.2 Å². The van der Waals surface area contributed by atoms with E-state index >= 15 is 0 Å². The van der Waals surface area contributed by atoms with Crippen LogP contribution in [-0.2, 0) is 25.9 Å². The molecule has 0 saturated carbocycles. The minimum Gasteiger partial charge on any atom is -0.364 e. The summed E-state index contributed by atoms with van der Waals surface area (Å²) < 4.78 is 7.16. The Morgan fingerprint density at radius 3 is 3.24 bits per heavy atom. The number of nitrogens with one attached hydrogen (secondary N) is 1. The maximum Gasteiger partial charge on any atom is 0.135 e. The predicted molar refractivity (Wildman–Crippen MR) is 64.1 cm³/mol. The molecule has 0 spiro atoms. The van der Waals surface area contributed by atoms with Gasteiger partial charge in [-0.1, -0.05) is 5.16 Å². The van der Waals surface area contributed by atoms with Gasteiger partial charge in [0.05, 0.1) is 11.4 Å². The Balaban J connectivity index is 0.000000902. The molecule has 0 aromatic carbocycles. The van der Waals surface area contributed by atoms with Crippen molar-refractivity contribution < 1.29 is 4.52 Å². The molecule has 4 rings (SSSR count). The second kappa shape index (κ2) is 3.85. The molecule has 2 aromatic rings. The zero-order valence-corrected chi connectivity index (χ0v) is 10.1. The number of aromatic nitrogens is 3. The lowest BCUT2D eigenvalue weighted by molar-refractivity contribution is 0.421. The van der Waals surface area contributed by atoms with E-state index in [0.29, 0.717) is 0 Å². The number of fused-ring (bicyclic) bond motifs is 5. The fourth-order valence-electron chi connectivity index (χ4n) is 2.64. The maximum absolute atomic E-state index is 5.07. The van der Waals surface area contributed by atoms with Crippen LogP contribution in [0.25, 0.3) is 11.4 Å². The molecule has 5 nitrogen and oxygen atoms in total. The number of aryl methyl sites for hydroxylation is 2. The summed E-state index contributed by atoms with van der Waals surface area (Å²) in [6.45, 7) is 2.86. The Labute approximate surface area is 105 Å². The molecule has 1 N–H and O–H groups in total. The molecular formula is C11H13ClN4O. The summed E-state index contributed by atoms with van der Waals surface area (Å²) >= 11 is 0. The Bertz CT molecular complexity index is 560. The fraction of sp³-hybridized carbons (Fsp3) is 0.455. The van der Waals surface area contributed by atoms with Gasteiger partial charge in [-0.25, -0.2) is 0 Å². The molecule has 2 aliphatic heterocycles. The van der Waals surface area contributed by atoms with Crippen LogP contribution in [0.15, 0.2) is 10.8 Å². The third kappa shape index (κ3) is 1.42. The number of hydrogen-bond donors (Lipinski definition) is 1. The average molecular weight is 253 g/mol. The molecule has 0 saturated heterocycles. The maximum atomic E-state index is 5.07. The monoisotopic (exact) mass is 252 g/mol. The Hall–Kier alpha value is -1.33. The molecule has 4 heterocycles. The van der Waals surface area contributed by atoms with Crippen LogP contribution in [0.5, 0.6) is 0 Å². The largest absolute Gasteiger partial charge is 0.364 e. The molecule has 2 aromatic heterocycles. The van der Waals surface area contributed by atoms with Crippen molar-refractivity contribution in [3.63, 3.8) is 0 Å². The van der Waals surface area contributed by atoms with E-state index < -0.39 is 0 Å². The highest BCUT2D eigenvalue weighted by atomic mass is 35.5. The van der Waals surface area contributed by atoms with Gasteiger partial charge in [-0.3, -0.25) is 4.68 Å². The van der Waals surface area contributed by atoms with E-state index in [1.54, 1.807) is 6.26 Å². The Kier molecular flexibility index (Phi) is 2.45. The summed E-state index contributed by atoms with van der Waals surface area (Å²) in [5.74, 6) is 0. The van der Waals surface area contributed by atoms with Crippen LogP contribution >= 0.6 is 12.4 Å². The van der Waals surface area contributed by atoms with Gasteiger partial charge >= 0.3 is 0 Å². The topological polar surface area (TPSA) is 55.9 Å². The number of rotatable bonds is 0. The molecular weight excluding hydrogens is 240 g/mol. The molecule has 90 valence electrons. The average Bonchev–Trinajstić information content (AvgIpc) is 2.91. The summed E-state index contributed by atoms with van der Waals surface area (Å²) in [4.78, 5) is 0. The summed E-state index contributed by atoms with van der Waals surface area (Å²) in [6, 6.07) is 0. The first kappa shape index (κ1) is 10.8. The molecule has 0 bridgehead atoms. The number of nitrogens with zero attached hydrogens (tertiary/aromatic N) is 3. The second-order valence-electron chi connectivity index (χ2n) is 4.36. The first-order valence-electron chi connectivity index (χ1n) is 5.66. The summed E-state index contributed by atoms with van der Waals surface area (Å²) in [7, 11) is 0. The van der Waals surface area contributed by atoms with Crippen molar-refractivity contribution in [3.8, 4) is 11.4 Å². The highest BCUT2D eigenvalue weighted by Crippen LogP contribution is 2.33. The smallest absolute Gasteiger partial charge is 0.135 e. The molecule has 2 aliphatic rings. The van der Waals surface area contributed by atoms with Crippen molar-refractivity contribution in [1.29, 1.82) is 0 Å². The SMILES string of the molecule is Cl.c1onc2c1CCn1nc3c(c1-2)CNCC3. The van der Waals surface area contributed by atoms with E-state index in [-0.39, 0.29) is 12.4 Å². The van der Waals surface area contributed by atoms with Gasteiger partial charge < -0.3 is 9.84 Å². The minimum absolute atomic E-state index is 0. The predicted octanol–water partition coefficient (Wildman–Crippen LogP) is 1.16. The summed E-state index contributed by atoms with van der Waals surface area (Å²) in [5.41, 5.74) is 5.90. The zero-order valence-electron chi connectivity index (χ0n) is 9.27. The Morgan fingerprint density at radius 2 is 2.29 bits per heavy atom. The molecule has 0 fully saturated rings. The van der Waals surface area contributed by atoms with Crippen LogP contribution < -0.4 is 5.32 Å². The molecule has 0 radical (unpaired) electrons.